The third kappa shape index (κ3) is 4.05. The second-order valence-corrected chi connectivity index (χ2v) is 2.09. The highest BCUT2D eigenvalue weighted by Gasteiger charge is 2.05. The lowest BCUT2D eigenvalue weighted by atomic mass is 10.3. The minimum atomic E-state index is -0.584. The molecule has 0 rings (SSSR count). The number of nitrogens with two attached hydrogens (primary N) is 2. The number of esters is 1. The summed E-state index contributed by atoms with van der Waals surface area (Å²) in [6.45, 7) is 1.98. The van der Waals surface area contributed by atoms with E-state index in [9.17, 15) is 4.79 Å². The second kappa shape index (κ2) is 5.93. The molecule has 5 heteroatoms. The van der Waals surface area contributed by atoms with Crippen LogP contribution in [0.5, 0.6) is 0 Å². The summed E-state index contributed by atoms with van der Waals surface area (Å²) in [5, 5.41) is 0. The average Bonchev–Trinajstić information content (AvgIpc) is 2.14. The fraction of sp³-hybridized carbons (Fsp3) is 0.375. The van der Waals surface area contributed by atoms with E-state index in [1.807, 2.05) is 0 Å². The largest absolute Gasteiger partial charge is 0.495 e. The predicted molar refractivity (Wildman–Crippen MR) is 48.2 cm³/mol. The molecule has 0 aromatic heterocycles. The van der Waals surface area contributed by atoms with Gasteiger partial charge < -0.3 is 20.9 Å². The summed E-state index contributed by atoms with van der Waals surface area (Å²) in [5.41, 5.74) is 10.5. The third-order valence-corrected chi connectivity index (χ3v) is 1.21. The molecule has 0 aromatic carbocycles. The van der Waals surface area contributed by atoms with Crippen LogP contribution in [0.1, 0.15) is 6.92 Å². The van der Waals surface area contributed by atoms with Crippen molar-refractivity contribution in [2.75, 3.05) is 13.7 Å². The first-order chi connectivity index (χ1) is 6.15. The van der Waals surface area contributed by atoms with Crippen molar-refractivity contribution in [3.63, 3.8) is 0 Å². The molecule has 0 spiro atoms. The third-order valence-electron chi connectivity index (χ3n) is 1.21. The highest BCUT2D eigenvalue weighted by molar-refractivity contribution is 5.87. The number of hydrogen-bond donors (Lipinski definition) is 2. The molecule has 0 atom stereocenters. The maximum atomic E-state index is 11.0. The first-order valence-electron chi connectivity index (χ1n) is 3.75. The SMILES string of the molecule is CCOC(=O)/C(N)=C/C(=C\N)OC. The molecule has 0 heterocycles. The van der Waals surface area contributed by atoms with Gasteiger partial charge in [0.05, 0.1) is 13.7 Å². The molecule has 5 nitrogen and oxygen atoms in total. The van der Waals surface area contributed by atoms with E-state index in [4.69, 9.17) is 16.2 Å². The van der Waals surface area contributed by atoms with Gasteiger partial charge in [0.2, 0.25) is 0 Å². The van der Waals surface area contributed by atoms with Crippen LogP contribution in [0.4, 0.5) is 0 Å². The molecule has 0 aromatic rings. The second-order valence-electron chi connectivity index (χ2n) is 2.09. The Bertz CT molecular complexity index is 234. The van der Waals surface area contributed by atoms with Gasteiger partial charge in [-0.15, -0.1) is 0 Å². The van der Waals surface area contributed by atoms with E-state index >= 15 is 0 Å². The highest BCUT2D eigenvalue weighted by atomic mass is 16.5. The van der Waals surface area contributed by atoms with Crippen LogP contribution in [-0.4, -0.2) is 19.7 Å². The van der Waals surface area contributed by atoms with E-state index in [1.54, 1.807) is 6.92 Å². The molecule has 0 aliphatic carbocycles. The molecule has 0 saturated carbocycles. The molecular weight excluding hydrogens is 172 g/mol. The van der Waals surface area contributed by atoms with E-state index in [0.29, 0.717) is 5.76 Å². The molecule has 74 valence electrons. The molecular formula is C8H14N2O3. The monoisotopic (exact) mass is 186 g/mol. The van der Waals surface area contributed by atoms with E-state index in [0.717, 1.165) is 0 Å². The molecule has 0 saturated heterocycles. The van der Waals surface area contributed by atoms with Crippen molar-refractivity contribution in [3.05, 3.63) is 23.7 Å². The Kier molecular flexibility index (Phi) is 5.18. The first kappa shape index (κ1) is 11.4. The molecule has 0 unspecified atom stereocenters. The zero-order chi connectivity index (χ0) is 10.3. The number of carbonyl (C=O) groups is 1. The summed E-state index contributed by atoms with van der Waals surface area (Å²) < 4.78 is 9.41. The number of methoxy groups -OCH3 is 1. The number of hydrogen-bond acceptors (Lipinski definition) is 5. The zero-order valence-electron chi connectivity index (χ0n) is 7.74. The van der Waals surface area contributed by atoms with E-state index in [-0.39, 0.29) is 12.3 Å². The number of carbonyl (C=O) groups excluding carboxylic acids is 1. The fourth-order valence-electron chi connectivity index (χ4n) is 0.602. The number of ether oxygens (including phenoxy) is 2. The van der Waals surface area contributed by atoms with E-state index < -0.39 is 5.97 Å². The van der Waals surface area contributed by atoms with Gasteiger partial charge in [0, 0.05) is 12.3 Å². The van der Waals surface area contributed by atoms with Crippen LogP contribution in [0.15, 0.2) is 23.7 Å². The van der Waals surface area contributed by atoms with Crippen LogP contribution in [0, 0.1) is 0 Å². The van der Waals surface area contributed by atoms with E-state index in [2.05, 4.69) is 4.74 Å². The Labute approximate surface area is 77.0 Å². The van der Waals surface area contributed by atoms with Crippen LogP contribution in [-0.2, 0) is 14.3 Å². The van der Waals surface area contributed by atoms with Crippen LogP contribution >= 0.6 is 0 Å². The van der Waals surface area contributed by atoms with Crippen molar-refractivity contribution in [1.29, 1.82) is 0 Å². The van der Waals surface area contributed by atoms with Gasteiger partial charge in [0.1, 0.15) is 11.5 Å². The topological polar surface area (TPSA) is 87.6 Å². The predicted octanol–water partition coefficient (Wildman–Crippen LogP) is -0.161. The van der Waals surface area contributed by atoms with Crippen molar-refractivity contribution in [3.8, 4) is 0 Å². The van der Waals surface area contributed by atoms with Crippen molar-refractivity contribution in [2.24, 2.45) is 11.5 Å². The Morgan fingerprint density at radius 1 is 1.54 bits per heavy atom. The molecule has 0 bridgehead atoms. The number of allylic oxidation sites excluding steroid dienone is 1. The van der Waals surface area contributed by atoms with Crippen LogP contribution in [0.2, 0.25) is 0 Å². The molecule has 0 amide bonds. The Morgan fingerprint density at radius 3 is 2.54 bits per heavy atom. The van der Waals surface area contributed by atoms with Gasteiger partial charge in [0.15, 0.2) is 0 Å². The minimum Gasteiger partial charge on any atom is -0.495 e. The van der Waals surface area contributed by atoms with Gasteiger partial charge in [-0.1, -0.05) is 0 Å². The standard InChI is InChI=1S/C8H14N2O3/c1-3-13-8(11)7(10)4-6(5-9)12-2/h4-5H,3,9-10H2,1-2H3/b6-5+,7-4-. The van der Waals surface area contributed by atoms with Gasteiger partial charge in [-0.3, -0.25) is 0 Å². The Hall–Kier alpha value is -1.65. The molecule has 13 heavy (non-hydrogen) atoms. The summed E-state index contributed by atoms with van der Waals surface area (Å²) in [6, 6.07) is 0. The normalized spacial score (nSPS) is 12.5. The highest BCUT2D eigenvalue weighted by Crippen LogP contribution is 1.99. The van der Waals surface area contributed by atoms with Crippen molar-refractivity contribution in [1.82, 2.24) is 0 Å². The van der Waals surface area contributed by atoms with Crippen molar-refractivity contribution < 1.29 is 14.3 Å². The maximum Gasteiger partial charge on any atom is 0.354 e. The Balaban J connectivity index is 4.38. The maximum absolute atomic E-state index is 11.0. The van der Waals surface area contributed by atoms with Crippen molar-refractivity contribution >= 4 is 5.97 Å². The van der Waals surface area contributed by atoms with E-state index in [1.165, 1.54) is 19.4 Å². The van der Waals surface area contributed by atoms with Crippen LogP contribution < -0.4 is 11.5 Å². The molecule has 4 N–H and O–H groups in total. The zero-order valence-corrected chi connectivity index (χ0v) is 7.74. The smallest absolute Gasteiger partial charge is 0.354 e. The summed E-state index contributed by atoms with van der Waals surface area (Å²) in [5.74, 6) is -0.274. The lowest BCUT2D eigenvalue weighted by Crippen LogP contribution is -2.15. The van der Waals surface area contributed by atoms with Gasteiger partial charge >= 0.3 is 5.97 Å². The van der Waals surface area contributed by atoms with Crippen LogP contribution in [0.3, 0.4) is 0 Å². The molecule has 0 radical (unpaired) electrons. The van der Waals surface area contributed by atoms with Crippen molar-refractivity contribution in [2.45, 2.75) is 6.92 Å². The summed E-state index contributed by atoms with van der Waals surface area (Å²) in [7, 11) is 1.42. The Morgan fingerprint density at radius 2 is 2.15 bits per heavy atom. The summed E-state index contributed by atoms with van der Waals surface area (Å²) >= 11 is 0. The summed E-state index contributed by atoms with van der Waals surface area (Å²) in [4.78, 5) is 11.0. The van der Waals surface area contributed by atoms with Gasteiger partial charge in [0.25, 0.3) is 0 Å². The minimum absolute atomic E-state index is 0.0413. The lowest BCUT2D eigenvalue weighted by molar-refractivity contribution is -0.138. The number of rotatable bonds is 4. The lowest BCUT2D eigenvalue weighted by Gasteiger charge is -2.02. The quantitative estimate of drug-likeness (QED) is 0.275. The van der Waals surface area contributed by atoms with Crippen LogP contribution in [0.25, 0.3) is 0 Å². The van der Waals surface area contributed by atoms with Gasteiger partial charge in [-0.2, -0.15) is 0 Å². The molecule has 0 aliphatic rings. The molecule has 0 aliphatic heterocycles. The summed E-state index contributed by atoms with van der Waals surface area (Å²) in [6.07, 6.45) is 2.50. The fourth-order valence-corrected chi connectivity index (χ4v) is 0.602. The average molecular weight is 186 g/mol. The van der Waals surface area contributed by atoms with Gasteiger partial charge in [-0.25, -0.2) is 4.79 Å². The van der Waals surface area contributed by atoms with Gasteiger partial charge in [-0.05, 0) is 6.92 Å². The molecule has 0 fully saturated rings. The first-order valence-corrected chi connectivity index (χ1v) is 3.75.